The highest BCUT2D eigenvalue weighted by atomic mass is 31.2. The SMILES string of the molecule is CCCCC/C=C\C/C=C\CCCCCCCCCCCCCCCCCCCC(=O)NC(COP(=O)([O-])OCC[N+](C)(C)C)C(/C=C\CCCCCCCCCCCCC)OC(=O)CCCCCCCCC/C=C\CCCCCC. The molecule has 0 aliphatic heterocycles. The van der Waals surface area contributed by atoms with Crippen LogP contribution in [0.2, 0.25) is 0 Å². The number of amides is 1. The van der Waals surface area contributed by atoms with Crippen molar-refractivity contribution in [3.8, 4) is 0 Å². The van der Waals surface area contributed by atoms with Gasteiger partial charge in [-0.2, -0.15) is 0 Å². The number of unbranched alkanes of at least 4 members (excludes halogenated alkanes) is 42. The third kappa shape index (κ3) is 62.3. The summed E-state index contributed by atoms with van der Waals surface area (Å²) in [5, 5.41) is 3.05. The predicted octanol–water partition coefficient (Wildman–Crippen LogP) is 21.4. The van der Waals surface area contributed by atoms with E-state index in [0.29, 0.717) is 17.4 Å². The van der Waals surface area contributed by atoms with Gasteiger partial charge < -0.3 is 28.5 Å². The Kier molecular flexibility index (Phi) is 59.5. The van der Waals surface area contributed by atoms with Crippen LogP contribution in [0.3, 0.4) is 0 Å². The van der Waals surface area contributed by atoms with Crippen molar-refractivity contribution in [1.29, 1.82) is 0 Å². The number of esters is 1. The molecule has 3 atom stereocenters. The number of rotatable bonds is 64. The molecular weight excluding hydrogens is 1020 g/mol. The molecule has 0 rings (SSSR count). The van der Waals surface area contributed by atoms with Crippen LogP contribution in [0.5, 0.6) is 0 Å². The van der Waals surface area contributed by atoms with Gasteiger partial charge in [0.2, 0.25) is 5.91 Å². The summed E-state index contributed by atoms with van der Waals surface area (Å²) >= 11 is 0. The predicted molar refractivity (Wildman–Crippen MR) is 349 cm³/mol. The van der Waals surface area contributed by atoms with E-state index in [1.54, 1.807) is 0 Å². The van der Waals surface area contributed by atoms with E-state index in [4.69, 9.17) is 13.8 Å². The fraction of sp³-hybridized carbons (Fsp3) is 0.859. The van der Waals surface area contributed by atoms with Crippen molar-refractivity contribution in [3.63, 3.8) is 0 Å². The van der Waals surface area contributed by atoms with Crippen molar-refractivity contribution < 1.29 is 37.3 Å². The van der Waals surface area contributed by atoms with Crippen molar-refractivity contribution in [1.82, 2.24) is 5.32 Å². The molecule has 1 amide bonds. The van der Waals surface area contributed by atoms with Gasteiger partial charge in [0, 0.05) is 12.8 Å². The lowest BCUT2D eigenvalue weighted by Gasteiger charge is -2.30. The summed E-state index contributed by atoms with van der Waals surface area (Å²) in [6, 6.07) is -0.888. The van der Waals surface area contributed by atoms with Crippen LogP contribution in [0.4, 0.5) is 0 Å². The van der Waals surface area contributed by atoms with E-state index in [2.05, 4.69) is 62.5 Å². The topological polar surface area (TPSA) is 114 Å². The highest BCUT2D eigenvalue weighted by molar-refractivity contribution is 7.45. The molecule has 0 fully saturated rings. The van der Waals surface area contributed by atoms with Gasteiger partial charge in [-0.05, 0) is 89.5 Å². The molecule has 0 aliphatic rings. The maximum Gasteiger partial charge on any atom is 0.306 e. The Morgan fingerprint density at radius 1 is 0.432 bits per heavy atom. The van der Waals surface area contributed by atoms with Gasteiger partial charge in [-0.15, -0.1) is 0 Å². The number of phosphoric acid groups is 1. The Balaban J connectivity index is 5.01. The average Bonchev–Trinajstić information content (AvgIpc) is 3.44. The van der Waals surface area contributed by atoms with Crippen LogP contribution in [0.25, 0.3) is 0 Å². The van der Waals surface area contributed by atoms with Gasteiger partial charge in [-0.25, -0.2) is 0 Å². The molecule has 9 nitrogen and oxygen atoms in total. The normalized spacial score (nSPS) is 13.8. The van der Waals surface area contributed by atoms with Crippen LogP contribution >= 0.6 is 7.82 Å². The maximum absolute atomic E-state index is 13.6. The van der Waals surface area contributed by atoms with Crippen LogP contribution in [0, 0.1) is 0 Å². The molecule has 0 spiro atoms. The fourth-order valence-corrected chi connectivity index (χ4v) is 11.0. The first-order chi connectivity index (χ1) is 39.4. The summed E-state index contributed by atoms with van der Waals surface area (Å²) in [4.78, 5) is 40.1. The summed E-state index contributed by atoms with van der Waals surface area (Å²) in [7, 11) is 1.19. The number of hydrogen-bond acceptors (Lipinski definition) is 7. The molecule has 0 heterocycles. The second-order valence-electron chi connectivity index (χ2n) is 25.0. The quantitative estimate of drug-likeness (QED) is 0.0212. The van der Waals surface area contributed by atoms with Crippen molar-refractivity contribution in [2.24, 2.45) is 0 Å². The highest BCUT2D eigenvalue weighted by Crippen LogP contribution is 2.38. The van der Waals surface area contributed by atoms with Gasteiger partial charge in [-0.3, -0.25) is 14.2 Å². The van der Waals surface area contributed by atoms with Gasteiger partial charge in [0.25, 0.3) is 7.82 Å². The standard InChI is InChI=1S/C71H135N2O7P/c1-7-10-13-16-19-22-25-28-30-31-32-33-34-35-36-37-38-39-40-41-43-45-48-51-54-57-60-63-70(74)72-68(67-79-81(76,77)78-66-65-73(4,5)6)69(62-59-56-53-50-47-44-27-24-21-18-15-12-9-3)80-71(75)64-61-58-55-52-49-46-42-29-26-23-20-17-14-11-8-2/h19,22-23,26,28,30,59,62,68-69H,7-18,20-21,24-25,27,29,31-58,60-61,63-67H2,1-6H3,(H-,72,74,76,77)/b22-19-,26-23-,30-28-,62-59-. The summed E-state index contributed by atoms with van der Waals surface area (Å²) in [5.41, 5.74) is 0. The zero-order valence-electron chi connectivity index (χ0n) is 54.5. The minimum absolute atomic E-state index is 0.0213. The average molecular weight is 1160 g/mol. The van der Waals surface area contributed by atoms with Gasteiger partial charge in [0.05, 0.1) is 33.8 Å². The number of hydrogen-bond donors (Lipinski definition) is 1. The Morgan fingerprint density at radius 2 is 0.753 bits per heavy atom. The van der Waals surface area contributed by atoms with Gasteiger partial charge in [0.15, 0.2) is 0 Å². The Hall–Kier alpha value is -2.03. The van der Waals surface area contributed by atoms with Crippen LogP contribution in [0.1, 0.15) is 342 Å². The number of carbonyl (C=O) groups excluding carboxylic acids is 2. The van der Waals surface area contributed by atoms with Crippen LogP contribution in [0.15, 0.2) is 48.6 Å². The van der Waals surface area contributed by atoms with Gasteiger partial charge in [-0.1, -0.05) is 288 Å². The lowest BCUT2D eigenvalue weighted by molar-refractivity contribution is -0.870. The van der Waals surface area contributed by atoms with Crippen molar-refractivity contribution >= 4 is 19.7 Å². The van der Waals surface area contributed by atoms with Crippen molar-refractivity contribution in [3.05, 3.63) is 48.6 Å². The largest absolute Gasteiger partial charge is 0.756 e. The minimum atomic E-state index is -4.70. The van der Waals surface area contributed by atoms with E-state index in [1.165, 1.54) is 231 Å². The molecule has 10 heteroatoms. The Bertz CT molecular complexity index is 1520. The molecular formula is C71H135N2O7P. The third-order valence-electron chi connectivity index (χ3n) is 15.7. The first kappa shape index (κ1) is 79.0. The summed E-state index contributed by atoms with van der Waals surface area (Å²) < 4.78 is 30.4. The van der Waals surface area contributed by atoms with Crippen molar-refractivity contribution in [2.45, 2.75) is 354 Å². The highest BCUT2D eigenvalue weighted by Gasteiger charge is 2.27. The number of ether oxygens (including phenoxy) is 1. The number of likely N-dealkylation sites (N-methyl/N-ethyl adjacent to an activating group) is 1. The van der Waals surface area contributed by atoms with Crippen LogP contribution in [-0.4, -0.2) is 69.4 Å². The second kappa shape index (κ2) is 61.1. The second-order valence-corrected chi connectivity index (χ2v) is 26.4. The molecule has 0 aliphatic carbocycles. The third-order valence-corrected chi connectivity index (χ3v) is 16.7. The van der Waals surface area contributed by atoms with E-state index in [0.717, 1.165) is 77.0 Å². The molecule has 0 saturated carbocycles. The molecule has 0 aromatic rings. The smallest absolute Gasteiger partial charge is 0.306 e. The molecule has 0 aromatic carbocycles. The number of nitrogens with one attached hydrogen (secondary N) is 1. The number of phosphoric ester groups is 1. The van der Waals surface area contributed by atoms with E-state index in [1.807, 2.05) is 33.3 Å². The van der Waals surface area contributed by atoms with E-state index in [9.17, 15) is 19.0 Å². The van der Waals surface area contributed by atoms with Crippen molar-refractivity contribution in [2.75, 3.05) is 40.9 Å². The first-order valence-electron chi connectivity index (χ1n) is 34.9. The zero-order chi connectivity index (χ0) is 59.3. The monoisotopic (exact) mass is 1160 g/mol. The van der Waals surface area contributed by atoms with Crippen LogP contribution < -0.4 is 10.2 Å². The summed E-state index contributed by atoms with van der Waals surface area (Å²) in [6.07, 6.45) is 76.6. The Labute approximate surface area is 503 Å². The van der Waals surface area contributed by atoms with Crippen LogP contribution in [-0.2, 0) is 27.9 Å². The molecule has 0 aromatic heterocycles. The minimum Gasteiger partial charge on any atom is -0.756 e. The molecule has 1 N–H and O–H groups in total. The molecule has 0 radical (unpaired) electrons. The lowest BCUT2D eigenvalue weighted by Crippen LogP contribution is -2.47. The summed E-state index contributed by atoms with van der Waals surface area (Å²) in [6.45, 7) is 6.85. The number of carbonyl (C=O) groups is 2. The number of nitrogens with zero attached hydrogens (tertiary/aromatic N) is 1. The molecule has 81 heavy (non-hydrogen) atoms. The fourth-order valence-electron chi connectivity index (χ4n) is 10.3. The first-order valence-corrected chi connectivity index (χ1v) is 36.4. The van der Waals surface area contributed by atoms with E-state index in [-0.39, 0.29) is 31.5 Å². The molecule has 3 unspecified atom stereocenters. The molecule has 0 saturated heterocycles. The van der Waals surface area contributed by atoms with E-state index >= 15 is 0 Å². The summed E-state index contributed by atoms with van der Waals surface area (Å²) in [5.74, 6) is -0.531. The zero-order valence-corrected chi connectivity index (χ0v) is 55.4. The van der Waals surface area contributed by atoms with E-state index < -0.39 is 20.0 Å². The molecule has 476 valence electrons. The number of quaternary nitrogens is 1. The number of allylic oxidation sites excluding steroid dienone is 7. The molecule has 0 bridgehead atoms. The van der Waals surface area contributed by atoms with Gasteiger partial charge >= 0.3 is 5.97 Å². The lowest BCUT2D eigenvalue weighted by atomic mass is 10.0. The maximum atomic E-state index is 13.6. The Morgan fingerprint density at radius 3 is 1.16 bits per heavy atom. The van der Waals surface area contributed by atoms with Gasteiger partial charge in [0.1, 0.15) is 19.3 Å².